The molecule has 1 aliphatic heterocycles. The smallest absolute Gasteiger partial charge is 0.387 e. The summed E-state index contributed by atoms with van der Waals surface area (Å²) in [5, 5.41) is 12.9. The molecule has 0 aliphatic carbocycles. The maximum atomic E-state index is 12.5. The number of amides is 1. The fourth-order valence-corrected chi connectivity index (χ4v) is 3.04. The average Bonchev–Trinajstić information content (AvgIpc) is 3.16. The number of hydrogen-bond donors (Lipinski definition) is 3. The second kappa shape index (κ2) is 10.9. The van der Waals surface area contributed by atoms with Gasteiger partial charge in [-0.1, -0.05) is 12.1 Å². The zero-order valence-corrected chi connectivity index (χ0v) is 16.1. The highest BCUT2D eigenvalue weighted by Crippen LogP contribution is 2.25. The highest BCUT2D eigenvalue weighted by atomic mass is 35.5. The van der Waals surface area contributed by atoms with Crippen molar-refractivity contribution in [2.75, 3.05) is 39.3 Å². The molecular formula is C18H24ClF2N5O2. The van der Waals surface area contributed by atoms with Crippen LogP contribution in [0.5, 0.6) is 5.75 Å². The lowest BCUT2D eigenvalue weighted by molar-refractivity contribution is -0.0498. The third-order valence-electron chi connectivity index (χ3n) is 4.38. The van der Waals surface area contributed by atoms with Crippen LogP contribution in [-0.4, -0.2) is 66.9 Å². The molecule has 0 unspecified atom stereocenters. The Bertz CT molecular complexity index is 753. The molecule has 2 aromatic rings. The van der Waals surface area contributed by atoms with Crippen molar-refractivity contribution in [3.05, 3.63) is 36.0 Å². The van der Waals surface area contributed by atoms with Gasteiger partial charge in [0.1, 0.15) is 5.75 Å². The fraction of sp³-hybridized carbons (Fsp3) is 0.444. The summed E-state index contributed by atoms with van der Waals surface area (Å²) >= 11 is 0. The van der Waals surface area contributed by atoms with Gasteiger partial charge < -0.3 is 20.3 Å². The minimum absolute atomic E-state index is 0. The third kappa shape index (κ3) is 6.15. The van der Waals surface area contributed by atoms with E-state index in [1.165, 1.54) is 18.3 Å². The maximum Gasteiger partial charge on any atom is 0.387 e. The lowest BCUT2D eigenvalue weighted by atomic mass is 10.1. The number of carbonyl (C=O) groups is 1. The number of halogens is 3. The van der Waals surface area contributed by atoms with Crippen molar-refractivity contribution < 1.29 is 18.3 Å². The lowest BCUT2D eigenvalue weighted by Crippen LogP contribution is -2.44. The standard InChI is InChI=1S/C18H23F2N5O2.ClH/c19-18(20)27-14-4-1-3-13(11-14)16-15(12-23-24-16)17(26)22-5-2-8-25-9-6-21-7-10-25;/h1,3-4,11-12,18,21H,2,5-10H2,(H,22,26)(H,23,24);1H. The highest BCUT2D eigenvalue weighted by molar-refractivity contribution is 5.99. The van der Waals surface area contributed by atoms with E-state index in [-0.39, 0.29) is 24.1 Å². The van der Waals surface area contributed by atoms with Crippen molar-refractivity contribution >= 4 is 18.3 Å². The molecule has 1 aromatic carbocycles. The lowest BCUT2D eigenvalue weighted by Gasteiger charge is -2.27. The topological polar surface area (TPSA) is 82.3 Å². The summed E-state index contributed by atoms with van der Waals surface area (Å²) in [5.41, 5.74) is 1.39. The number of nitrogens with one attached hydrogen (secondary N) is 3. The first-order chi connectivity index (χ1) is 13.1. The Labute approximate surface area is 168 Å². The Morgan fingerprint density at radius 1 is 1.32 bits per heavy atom. The van der Waals surface area contributed by atoms with Crippen molar-refractivity contribution in [2.45, 2.75) is 13.0 Å². The number of rotatable bonds is 8. The Kier molecular flexibility index (Phi) is 8.62. The van der Waals surface area contributed by atoms with E-state index in [0.29, 0.717) is 23.4 Å². The molecular weight excluding hydrogens is 392 g/mol. The van der Waals surface area contributed by atoms with Gasteiger partial charge in [-0.2, -0.15) is 13.9 Å². The van der Waals surface area contributed by atoms with Crippen LogP contribution in [0, 0.1) is 0 Å². The molecule has 1 aromatic heterocycles. The van der Waals surface area contributed by atoms with Crippen LogP contribution in [0.2, 0.25) is 0 Å². The summed E-state index contributed by atoms with van der Waals surface area (Å²) in [6.45, 7) is 2.64. The quantitative estimate of drug-likeness (QED) is 0.575. The number of carbonyl (C=O) groups excluding carboxylic acids is 1. The number of ether oxygens (including phenoxy) is 1. The molecule has 0 spiro atoms. The summed E-state index contributed by atoms with van der Waals surface area (Å²) in [4.78, 5) is 14.8. The van der Waals surface area contributed by atoms with Crippen molar-refractivity contribution in [3.8, 4) is 17.0 Å². The van der Waals surface area contributed by atoms with Crippen molar-refractivity contribution in [2.24, 2.45) is 0 Å². The summed E-state index contributed by atoms with van der Waals surface area (Å²) in [6, 6.07) is 6.17. The number of aromatic amines is 1. The SMILES string of the molecule is Cl.O=C(NCCCN1CCNCC1)c1cn[nH]c1-c1cccc(OC(F)F)c1. The van der Waals surface area contributed by atoms with E-state index in [2.05, 4.69) is 30.5 Å². The minimum Gasteiger partial charge on any atom is -0.435 e. The van der Waals surface area contributed by atoms with E-state index >= 15 is 0 Å². The van der Waals surface area contributed by atoms with E-state index in [0.717, 1.165) is 39.1 Å². The molecule has 2 heterocycles. The van der Waals surface area contributed by atoms with Crippen LogP contribution in [-0.2, 0) is 0 Å². The highest BCUT2D eigenvalue weighted by Gasteiger charge is 2.16. The Balaban J connectivity index is 0.00000280. The molecule has 1 amide bonds. The van der Waals surface area contributed by atoms with Crippen LogP contribution in [0.25, 0.3) is 11.3 Å². The van der Waals surface area contributed by atoms with Crippen LogP contribution in [0.4, 0.5) is 8.78 Å². The van der Waals surface area contributed by atoms with Crippen molar-refractivity contribution in [1.82, 2.24) is 25.7 Å². The van der Waals surface area contributed by atoms with E-state index in [4.69, 9.17) is 0 Å². The second-order valence-corrected chi connectivity index (χ2v) is 6.27. The number of nitrogens with zero attached hydrogens (tertiary/aromatic N) is 2. The molecule has 154 valence electrons. The fourth-order valence-electron chi connectivity index (χ4n) is 3.04. The van der Waals surface area contributed by atoms with Gasteiger partial charge in [0.25, 0.3) is 5.91 Å². The predicted molar refractivity (Wildman–Crippen MR) is 104 cm³/mol. The zero-order valence-electron chi connectivity index (χ0n) is 15.3. The van der Waals surface area contributed by atoms with Gasteiger partial charge in [-0.3, -0.25) is 9.89 Å². The monoisotopic (exact) mass is 415 g/mol. The molecule has 1 saturated heterocycles. The Morgan fingerprint density at radius 2 is 2.11 bits per heavy atom. The van der Waals surface area contributed by atoms with E-state index < -0.39 is 6.61 Å². The number of aromatic nitrogens is 2. The molecule has 7 nitrogen and oxygen atoms in total. The van der Waals surface area contributed by atoms with Gasteiger partial charge in [-0.15, -0.1) is 12.4 Å². The second-order valence-electron chi connectivity index (χ2n) is 6.27. The molecule has 0 radical (unpaired) electrons. The molecule has 0 bridgehead atoms. The normalized spacial score (nSPS) is 14.5. The van der Waals surface area contributed by atoms with E-state index in [1.54, 1.807) is 12.1 Å². The van der Waals surface area contributed by atoms with Gasteiger partial charge >= 0.3 is 6.61 Å². The van der Waals surface area contributed by atoms with Gasteiger partial charge in [-0.25, -0.2) is 0 Å². The van der Waals surface area contributed by atoms with E-state index in [1.807, 2.05) is 0 Å². The van der Waals surface area contributed by atoms with Gasteiger partial charge in [0.15, 0.2) is 0 Å². The molecule has 1 fully saturated rings. The van der Waals surface area contributed by atoms with Crippen LogP contribution in [0.15, 0.2) is 30.5 Å². The number of hydrogen-bond acceptors (Lipinski definition) is 5. The Hall–Kier alpha value is -2.23. The minimum atomic E-state index is -2.90. The molecule has 3 rings (SSSR count). The van der Waals surface area contributed by atoms with Crippen LogP contribution in [0.1, 0.15) is 16.8 Å². The van der Waals surface area contributed by atoms with E-state index in [9.17, 15) is 13.6 Å². The summed E-state index contributed by atoms with van der Waals surface area (Å²) in [7, 11) is 0. The molecule has 10 heteroatoms. The van der Waals surface area contributed by atoms with Crippen LogP contribution in [0.3, 0.4) is 0 Å². The first-order valence-electron chi connectivity index (χ1n) is 8.93. The Morgan fingerprint density at radius 3 is 2.86 bits per heavy atom. The third-order valence-corrected chi connectivity index (χ3v) is 4.38. The number of alkyl halides is 2. The van der Waals surface area contributed by atoms with Gasteiger partial charge in [-0.05, 0) is 25.1 Å². The van der Waals surface area contributed by atoms with Gasteiger partial charge in [0.05, 0.1) is 17.5 Å². The molecule has 0 atom stereocenters. The number of benzene rings is 1. The van der Waals surface area contributed by atoms with Crippen molar-refractivity contribution in [1.29, 1.82) is 0 Å². The van der Waals surface area contributed by atoms with Crippen LogP contribution < -0.4 is 15.4 Å². The number of piperazine rings is 1. The van der Waals surface area contributed by atoms with Gasteiger partial charge in [0, 0.05) is 38.3 Å². The summed E-state index contributed by atoms with van der Waals surface area (Å²) < 4.78 is 29.2. The molecule has 3 N–H and O–H groups in total. The van der Waals surface area contributed by atoms with Crippen molar-refractivity contribution in [3.63, 3.8) is 0 Å². The van der Waals surface area contributed by atoms with Gasteiger partial charge in [0.2, 0.25) is 0 Å². The number of H-pyrrole nitrogens is 1. The first kappa shape index (κ1) is 22.1. The molecule has 28 heavy (non-hydrogen) atoms. The maximum absolute atomic E-state index is 12.5. The summed E-state index contributed by atoms with van der Waals surface area (Å²) in [6.07, 6.45) is 2.29. The largest absolute Gasteiger partial charge is 0.435 e. The zero-order chi connectivity index (χ0) is 19.1. The predicted octanol–water partition coefficient (Wildman–Crippen LogP) is 2.12. The molecule has 0 saturated carbocycles. The molecule has 1 aliphatic rings. The average molecular weight is 416 g/mol. The summed E-state index contributed by atoms with van der Waals surface area (Å²) in [5.74, 6) is -0.223. The van der Waals surface area contributed by atoms with Crippen LogP contribution >= 0.6 is 12.4 Å². The first-order valence-corrected chi connectivity index (χ1v) is 8.93.